The van der Waals surface area contributed by atoms with E-state index in [9.17, 15) is 9.18 Å². The van der Waals surface area contributed by atoms with Crippen molar-refractivity contribution in [2.24, 2.45) is 0 Å². The maximum Gasteiger partial charge on any atom is 0.291 e. The van der Waals surface area contributed by atoms with Crippen LogP contribution >= 0.6 is 11.6 Å². The Bertz CT molecular complexity index is 1100. The first-order valence-corrected chi connectivity index (χ1v) is 10.9. The molecule has 5 nitrogen and oxygen atoms in total. The second-order valence-corrected chi connectivity index (χ2v) is 8.54. The minimum Gasteiger partial charge on any atom is -0.459 e. The van der Waals surface area contributed by atoms with Gasteiger partial charge in [-0.15, -0.1) is 0 Å². The van der Waals surface area contributed by atoms with Crippen molar-refractivity contribution in [1.82, 2.24) is 4.90 Å². The molecule has 1 fully saturated rings. The molecule has 1 unspecified atom stereocenters. The summed E-state index contributed by atoms with van der Waals surface area (Å²) < 4.78 is 18.5. The lowest BCUT2D eigenvalue weighted by atomic mass is 10.1. The molecule has 2 aliphatic rings. The highest BCUT2D eigenvalue weighted by Gasteiger charge is 2.32. The summed E-state index contributed by atoms with van der Waals surface area (Å²) in [5, 5.41) is 3.39. The molecule has 0 bridgehead atoms. The van der Waals surface area contributed by atoms with E-state index in [0.717, 1.165) is 50.3 Å². The topological polar surface area (TPSA) is 48.7 Å². The molecule has 1 saturated heterocycles. The molecular weight excluding hydrogens is 417 g/mol. The van der Waals surface area contributed by atoms with Crippen molar-refractivity contribution in [3.8, 4) is 0 Å². The number of carbonyl (C=O) groups excluding carboxylic acids is 1. The molecule has 1 atom stereocenters. The lowest BCUT2D eigenvalue weighted by Crippen LogP contribution is -2.36. The summed E-state index contributed by atoms with van der Waals surface area (Å²) in [4.78, 5) is 17.1. The van der Waals surface area contributed by atoms with Gasteiger partial charge in [-0.05, 0) is 66.4 Å². The number of fused-ring (bicyclic) bond motifs is 1. The fourth-order valence-electron chi connectivity index (χ4n) is 4.59. The molecule has 160 valence electrons. The number of likely N-dealkylation sites (tertiary alicyclic amines) is 1. The fourth-order valence-corrected chi connectivity index (χ4v) is 4.81. The maximum atomic E-state index is 13.3. The maximum absolute atomic E-state index is 13.3. The highest BCUT2D eigenvalue weighted by molar-refractivity contribution is 6.31. The van der Waals surface area contributed by atoms with Crippen LogP contribution in [0, 0.1) is 5.82 Å². The Balaban J connectivity index is 1.23. The molecule has 1 amide bonds. The van der Waals surface area contributed by atoms with Crippen LogP contribution in [0.1, 0.15) is 28.1 Å². The van der Waals surface area contributed by atoms with Crippen molar-refractivity contribution < 1.29 is 13.6 Å². The SMILES string of the molecule is O=C(Nc1ccc2c(c1)CCN2C1CCN(Cc2ccc(F)cc2Cl)C1)c1ccco1. The predicted molar refractivity (Wildman–Crippen MR) is 119 cm³/mol. The minimum absolute atomic E-state index is 0.245. The second-order valence-electron chi connectivity index (χ2n) is 8.13. The molecular formula is C24H23ClFN3O2. The Morgan fingerprint density at radius 3 is 2.90 bits per heavy atom. The Morgan fingerprint density at radius 2 is 2.10 bits per heavy atom. The Kier molecular flexibility index (Phi) is 5.42. The lowest BCUT2D eigenvalue weighted by Gasteiger charge is -2.27. The zero-order valence-corrected chi connectivity index (χ0v) is 17.7. The van der Waals surface area contributed by atoms with E-state index in [-0.39, 0.29) is 11.7 Å². The molecule has 31 heavy (non-hydrogen) atoms. The average Bonchev–Trinajstić information content (AvgIpc) is 3.50. The smallest absolute Gasteiger partial charge is 0.291 e. The van der Waals surface area contributed by atoms with Crippen LogP contribution in [-0.4, -0.2) is 36.5 Å². The molecule has 1 N–H and O–H groups in total. The summed E-state index contributed by atoms with van der Waals surface area (Å²) in [6.07, 6.45) is 3.53. The van der Waals surface area contributed by atoms with Crippen LogP contribution in [0.4, 0.5) is 15.8 Å². The number of hydrogen-bond donors (Lipinski definition) is 1. The Morgan fingerprint density at radius 1 is 1.19 bits per heavy atom. The molecule has 5 rings (SSSR count). The highest BCUT2D eigenvalue weighted by Crippen LogP contribution is 2.34. The molecule has 3 heterocycles. The molecule has 0 saturated carbocycles. The number of anilines is 2. The first kappa shape index (κ1) is 20.1. The van der Waals surface area contributed by atoms with Gasteiger partial charge < -0.3 is 14.6 Å². The van der Waals surface area contributed by atoms with Crippen molar-refractivity contribution in [2.75, 3.05) is 29.9 Å². The number of furan rings is 1. The van der Waals surface area contributed by atoms with Crippen LogP contribution in [0.25, 0.3) is 0 Å². The predicted octanol–water partition coefficient (Wildman–Crippen LogP) is 4.96. The summed E-state index contributed by atoms with van der Waals surface area (Å²) in [7, 11) is 0. The van der Waals surface area contributed by atoms with Crippen molar-refractivity contribution >= 4 is 28.9 Å². The quantitative estimate of drug-likeness (QED) is 0.610. The monoisotopic (exact) mass is 439 g/mol. The summed E-state index contributed by atoms with van der Waals surface area (Å²) in [5.41, 5.74) is 4.23. The molecule has 0 spiro atoms. The van der Waals surface area contributed by atoms with E-state index in [1.54, 1.807) is 18.2 Å². The van der Waals surface area contributed by atoms with Gasteiger partial charge in [0.05, 0.1) is 6.26 Å². The Labute approximate surface area is 185 Å². The zero-order valence-electron chi connectivity index (χ0n) is 17.0. The zero-order chi connectivity index (χ0) is 21.4. The van der Waals surface area contributed by atoms with E-state index in [1.165, 1.54) is 29.6 Å². The molecule has 0 aliphatic carbocycles. The van der Waals surface area contributed by atoms with Gasteiger partial charge >= 0.3 is 0 Å². The third-order valence-corrected chi connectivity index (χ3v) is 6.46. The highest BCUT2D eigenvalue weighted by atomic mass is 35.5. The Hall–Kier alpha value is -2.83. The molecule has 1 aromatic heterocycles. The summed E-state index contributed by atoms with van der Waals surface area (Å²) in [6.45, 7) is 3.64. The van der Waals surface area contributed by atoms with Crippen molar-refractivity contribution in [3.63, 3.8) is 0 Å². The number of amides is 1. The first-order chi connectivity index (χ1) is 15.1. The number of carbonyl (C=O) groups is 1. The normalized spacial score (nSPS) is 18.4. The number of halogens is 2. The van der Waals surface area contributed by atoms with Crippen molar-refractivity contribution in [1.29, 1.82) is 0 Å². The number of benzene rings is 2. The number of nitrogens with zero attached hydrogens (tertiary/aromatic N) is 2. The van der Waals surface area contributed by atoms with Crippen LogP contribution < -0.4 is 10.2 Å². The summed E-state index contributed by atoms with van der Waals surface area (Å²) >= 11 is 6.21. The molecule has 0 radical (unpaired) electrons. The lowest BCUT2D eigenvalue weighted by molar-refractivity contribution is 0.0996. The fraction of sp³-hybridized carbons (Fsp3) is 0.292. The largest absolute Gasteiger partial charge is 0.459 e. The summed E-state index contributed by atoms with van der Waals surface area (Å²) in [6, 6.07) is 14.5. The van der Waals surface area contributed by atoms with Crippen LogP contribution in [0.15, 0.2) is 59.2 Å². The van der Waals surface area contributed by atoms with Gasteiger partial charge in [-0.1, -0.05) is 17.7 Å². The second kappa shape index (κ2) is 8.36. The first-order valence-electron chi connectivity index (χ1n) is 10.5. The standard InChI is InChI=1S/C24H23ClFN3O2/c25-21-13-18(26)4-3-17(21)14-28-9-8-20(15-28)29-10-7-16-12-19(5-6-22(16)29)27-24(30)23-2-1-11-31-23/h1-6,11-13,20H,7-10,14-15H2,(H,27,30). The van der Waals surface area contributed by atoms with Gasteiger partial charge in [-0.2, -0.15) is 0 Å². The van der Waals surface area contributed by atoms with Crippen LogP contribution in [-0.2, 0) is 13.0 Å². The van der Waals surface area contributed by atoms with E-state index in [1.807, 2.05) is 6.07 Å². The number of nitrogens with one attached hydrogen (secondary N) is 1. The third-order valence-electron chi connectivity index (χ3n) is 6.11. The van der Waals surface area contributed by atoms with Gasteiger partial charge in [0.25, 0.3) is 5.91 Å². The van der Waals surface area contributed by atoms with E-state index in [4.69, 9.17) is 16.0 Å². The van der Waals surface area contributed by atoms with Gasteiger partial charge in [0.2, 0.25) is 0 Å². The molecule has 7 heteroatoms. The molecule has 3 aromatic rings. The van der Waals surface area contributed by atoms with Crippen LogP contribution in [0.2, 0.25) is 5.02 Å². The van der Waals surface area contributed by atoms with Gasteiger partial charge in [-0.3, -0.25) is 9.69 Å². The summed E-state index contributed by atoms with van der Waals surface area (Å²) in [5.74, 6) is -0.249. The molecule has 2 aliphatic heterocycles. The van der Waals surface area contributed by atoms with Crippen molar-refractivity contribution in [3.05, 3.63) is 82.5 Å². The molecule has 2 aromatic carbocycles. The van der Waals surface area contributed by atoms with Gasteiger partial charge in [0.15, 0.2) is 5.76 Å². The average molecular weight is 440 g/mol. The van der Waals surface area contributed by atoms with E-state index >= 15 is 0 Å². The van der Waals surface area contributed by atoms with Gasteiger partial charge in [-0.25, -0.2) is 4.39 Å². The van der Waals surface area contributed by atoms with E-state index in [2.05, 4.69) is 27.2 Å². The number of hydrogen-bond acceptors (Lipinski definition) is 4. The van der Waals surface area contributed by atoms with E-state index < -0.39 is 0 Å². The van der Waals surface area contributed by atoms with E-state index in [0.29, 0.717) is 16.8 Å². The van der Waals surface area contributed by atoms with Gasteiger partial charge in [0.1, 0.15) is 5.82 Å². The third kappa shape index (κ3) is 4.18. The van der Waals surface area contributed by atoms with Crippen LogP contribution in [0.3, 0.4) is 0 Å². The van der Waals surface area contributed by atoms with Gasteiger partial charge in [0, 0.05) is 48.6 Å². The van der Waals surface area contributed by atoms with Crippen LogP contribution in [0.5, 0.6) is 0 Å². The minimum atomic E-state index is -0.304. The van der Waals surface area contributed by atoms with Crippen molar-refractivity contribution in [2.45, 2.75) is 25.4 Å². The number of rotatable bonds is 5.